The van der Waals surface area contributed by atoms with E-state index in [1.54, 1.807) is 14.2 Å². The van der Waals surface area contributed by atoms with Crippen molar-refractivity contribution in [2.45, 2.75) is 39.4 Å². The number of guanidine groups is 1. The first-order valence-electron chi connectivity index (χ1n) is 10.3. The minimum absolute atomic E-state index is 0. The number of ether oxygens (including phenoxy) is 1. The Balaban J connectivity index is 0.00000341. The zero-order valence-electron chi connectivity index (χ0n) is 18.5. The molecular formula is C24H32IN5O. The third kappa shape index (κ3) is 7.57. The van der Waals surface area contributed by atoms with E-state index in [2.05, 4.69) is 74.6 Å². The Morgan fingerprint density at radius 3 is 2.61 bits per heavy atom. The van der Waals surface area contributed by atoms with Crippen molar-refractivity contribution in [2.24, 2.45) is 4.99 Å². The van der Waals surface area contributed by atoms with Gasteiger partial charge in [-0.3, -0.25) is 4.99 Å². The topological polar surface area (TPSA) is 63.5 Å². The molecule has 0 bridgehead atoms. The first-order valence-corrected chi connectivity index (χ1v) is 10.3. The predicted octanol–water partition coefficient (Wildman–Crippen LogP) is 4.32. The summed E-state index contributed by atoms with van der Waals surface area (Å²) >= 11 is 0. The Bertz CT molecular complexity index is 956. The third-order valence-electron chi connectivity index (χ3n) is 5.04. The maximum atomic E-state index is 5.48. The summed E-state index contributed by atoms with van der Waals surface area (Å²) < 4.78 is 7.68. The van der Waals surface area contributed by atoms with Crippen LogP contribution in [-0.2, 0) is 26.1 Å². The van der Waals surface area contributed by atoms with Gasteiger partial charge >= 0.3 is 0 Å². The standard InChI is InChI=1S/C24H31N5O.HI/c1-19-11-12-21(22(16-19)30-3)17-27-24(25-2)28-18-23-26-13-15-29(23)14-7-10-20-8-5-4-6-9-20;/h4-6,8-9,11-13,15-16H,7,10,14,17-18H2,1-3H3,(H2,25,27,28);1H. The summed E-state index contributed by atoms with van der Waals surface area (Å²) in [4.78, 5) is 8.82. The summed E-state index contributed by atoms with van der Waals surface area (Å²) in [5.74, 6) is 2.61. The van der Waals surface area contributed by atoms with Gasteiger partial charge < -0.3 is 19.9 Å². The monoisotopic (exact) mass is 533 g/mol. The van der Waals surface area contributed by atoms with E-state index < -0.39 is 0 Å². The number of hydrogen-bond acceptors (Lipinski definition) is 3. The molecule has 3 aromatic rings. The fraction of sp³-hybridized carbons (Fsp3) is 0.333. The number of aliphatic imine (C=N–C) groups is 1. The smallest absolute Gasteiger partial charge is 0.191 e. The van der Waals surface area contributed by atoms with Crippen molar-refractivity contribution in [3.63, 3.8) is 0 Å². The molecule has 0 spiro atoms. The fourth-order valence-electron chi connectivity index (χ4n) is 3.37. The van der Waals surface area contributed by atoms with Crippen LogP contribution in [0.1, 0.15) is 28.9 Å². The molecule has 3 rings (SSSR count). The van der Waals surface area contributed by atoms with Gasteiger partial charge in [0.15, 0.2) is 5.96 Å². The van der Waals surface area contributed by atoms with Crippen molar-refractivity contribution in [1.29, 1.82) is 0 Å². The number of rotatable bonds is 9. The van der Waals surface area contributed by atoms with E-state index >= 15 is 0 Å². The van der Waals surface area contributed by atoms with Gasteiger partial charge in [0.2, 0.25) is 0 Å². The van der Waals surface area contributed by atoms with Crippen LogP contribution in [0.4, 0.5) is 0 Å². The highest BCUT2D eigenvalue weighted by Crippen LogP contribution is 2.19. The molecule has 1 aromatic heterocycles. The Morgan fingerprint density at radius 1 is 1.10 bits per heavy atom. The van der Waals surface area contributed by atoms with E-state index in [0.29, 0.717) is 13.1 Å². The highest BCUT2D eigenvalue weighted by atomic mass is 127. The number of benzene rings is 2. The third-order valence-corrected chi connectivity index (χ3v) is 5.04. The second-order valence-corrected chi connectivity index (χ2v) is 7.22. The van der Waals surface area contributed by atoms with E-state index in [9.17, 15) is 0 Å². The Kier molecular flexibility index (Phi) is 10.4. The molecular weight excluding hydrogens is 501 g/mol. The van der Waals surface area contributed by atoms with Gasteiger partial charge in [0.05, 0.1) is 13.7 Å². The van der Waals surface area contributed by atoms with Gasteiger partial charge in [-0.1, -0.05) is 42.5 Å². The molecule has 31 heavy (non-hydrogen) atoms. The van der Waals surface area contributed by atoms with Crippen LogP contribution in [0.5, 0.6) is 5.75 Å². The van der Waals surface area contributed by atoms with Crippen LogP contribution >= 0.6 is 24.0 Å². The zero-order valence-corrected chi connectivity index (χ0v) is 20.8. The second-order valence-electron chi connectivity index (χ2n) is 7.22. The molecule has 0 aliphatic heterocycles. The summed E-state index contributed by atoms with van der Waals surface area (Å²) in [6.45, 7) is 4.25. The maximum absolute atomic E-state index is 5.48. The van der Waals surface area contributed by atoms with Crippen LogP contribution < -0.4 is 15.4 Å². The zero-order chi connectivity index (χ0) is 21.2. The average Bonchev–Trinajstić information content (AvgIpc) is 3.22. The molecule has 2 aromatic carbocycles. The van der Waals surface area contributed by atoms with Gasteiger partial charge in [0.1, 0.15) is 11.6 Å². The number of aromatic nitrogens is 2. The molecule has 2 N–H and O–H groups in total. The molecule has 6 nitrogen and oxygen atoms in total. The van der Waals surface area contributed by atoms with Crippen LogP contribution in [0.25, 0.3) is 0 Å². The molecule has 0 fully saturated rings. The fourth-order valence-corrected chi connectivity index (χ4v) is 3.37. The highest BCUT2D eigenvalue weighted by Gasteiger charge is 2.07. The Morgan fingerprint density at radius 2 is 1.87 bits per heavy atom. The number of methoxy groups -OCH3 is 1. The SMILES string of the molecule is CN=C(NCc1ccc(C)cc1OC)NCc1nccn1CCCc1ccccc1.I. The molecule has 0 saturated heterocycles. The van der Waals surface area contributed by atoms with E-state index in [0.717, 1.165) is 42.5 Å². The molecule has 1 heterocycles. The lowest BCUT2D eigenvalue weighted by molar-refractivity contribution is 0.408. The average molecular weight is 533 g/mol. The molecule has 0 unspecified atom stereocenters. The van der Waals surface area contributed by atoms with Crippen LogP contribution in [-0.4, -0.2) is 29.7 Å². The summed E-state index contributed by atoms with van der Waals surface area (Å²) in [5.41, 5.74) is 3.64. The lowest BCUT2D eigenvalue weighted by atomic mass is 10.1. The molecule has 0 radical (unpaired) electrons. The van der Waals surface area contributed by atoms with Crippen molar-refractivity contribution in [1.82, 2.24) is 20.2 Å². The van der Waals surface area contributed by atoms with E-state index in [1.807, 2.05) is 18.5 Å². The summed E-state index contributed by atoms with van der Waals surface area (Å²) in [7, 11) is 3.47. The van der Waals surface area contributed by atoms with Crippen molar-refractivity contribution >= 4 is 29.9 Å². The largest absolute Gasteiger partial charge is 0.496 e. The molecule has 0 aliphatic carbocycles. The van der Waals surface area contributed by atoms with Crippen molar-refractivity contribution < 1.29 is 4.74 Å². The molecule has 0 atom stereocenters. The number of nitrogens with one attached hydrogen (secondary N) is 2. The van der Waals surface area contributed by atoms with Crippen molar-refractivity contribution in [3.05, 3.63) is 83.4 Å². The van der Waals surface area contributed by atoms with Crippen LogP contribution in [0.15, 0.2) is 65.9 Å². The maximum Gasteiger partial charge on any atom is 0.191 e. The normalized spacial score (nSPS) is 11.0. The van der Waals surface area contributed by atoms with Gasteiger partial charge in [0.25, 0.3) is 0 Å². The van der Waals surface area contributed by atoms with Gasteiger partial charge in [-0.05, 0) is 37.0 Å². The molecule has 0 amide bonds. The molecule has 7 heteroatoms. The van der Waals surface area contributed by atoms with E-state index in [4.69, 9.17) is 4.74 Å². The predicted molar refractivity (Wildman–Crippen MR) is 137 cm³/mol. The van der Waals surface area contributed by atoms with E-state index in [1.165, 1.54) is 11.1 Å². The van der Waals surface area contributed by atoms with Crippen LogP contribution in [0.2, 0.25) is 0 Å². The number of halogens is 1. The second kappa shape index (κ2) is 13.0. The van der Waals surface area contributed by atoms with Crippen molar-refractivity contribution in [3.8, 4) is 5.75 Å². The summed E-state index contributed by atoms with van der Waals surface area (Å²) in [5, 5.41) is 6.70. The number of nitrogens with zero attached hydrogens (tertiary/aromatic N) is 3. The summed E-state index contributed by atoms with van der Waals surface area (Å²) in [6, 6.07) is 16.8. The molecule has 0 aliphatic rings. The summed E-state index contributed by atoms with van der Waals surface area (Å²) in [6.07, 6.45) is 6.03. The van der Waals surface area contributed by atoms with Crippen LogP contribution in [0.3, 0.4) is 0 Å². The van der Waals surface area contributed by atoms with Gasteiger partial charge in [-0.15, -0.1) is 24.0 Å². The Labute approximate surface area is 202 Å². The first-order chi connectivity index (χ1) is 14.7. The Hall–Kier alpha value is -2.55. The first kappa shape index (κ1) is 24.7. The lowest BCUT2D eigenvalue weighted by Crippen LogP contribution is -2.37. The number of hydrogen-bond donors (Lipinski definition) is 2. The van der Waals surface area contributed by atoms with Crippen molar-refractivity contribution in [2.75, 3.05) is 14.2 Å². The van der Waals surface area contributed by atoms with Gasteiger partial charge in [-0.2, -0.15) is 0 Å². The van der Waals surface area contributed by atoms with Crippen LogP contribution in [0, 0.1) is 6.92 Å². The quantitative estimate of drug-likeness (QED) is 0.245. The lowest BCUT2D eigenvalue weighted by Gasteiger charge is -2.15. The number of imidazole rings is 1. The number of aryl methyl sites for hydroxylation is 3. The highest BCUT2D eigenvalue weighted by molar-refractivity contribution is 14.0. The van der Waals surface area contributed by atoms with Gasteiger partial charge in [0, 0.05) is 38.1 Å². The minimum atomic E-state index is 0. The minimum Gasteiger partial charge on any atom is -0.496 e. The molecule has 0 saturated carbocycles. The molecule has 166 valence electrons. The van der Waals surface area contributed by atoms with E-state index in [-0.39, 0.29) is 24.0 Å². The van der Waals surface area contributed by atoms with Gasteiger partial charge in [-0.25, -0.2) is 4.98 Å².